The third kappa shape index (κ3) is 8.17. The van der Waals surface area contributed by atoms with Crippen molar-refractivity contribution in [1.82, 2.24) is 4.90 Å². The summed E-state index contributed by atoms with van der Waals surface area (Å²) < 4.78 is 13.1. The van der Waals surface area contributed by atoms with Crippen molar-refractivity contribution >= 4 is 14.3 Å². The van der Waals surface area contributed by atoms with Crippen molar-refractivity contribution in [3.8, 4) is 0 Å². The molecule has 0 aromatic heterocycles. The number of fused-ring (bicyclic) bond motifs is 1. The number of esters is 1. The summed E-state index contributed by atoms with van der Waals surface area (Å²) >= 11 is 0. The van der Waals surface area contributed by atoms with Crippen molar-refractivity contribution in [2.24, 2.45) is 0 Å². The van der Waals surface area contributed by atoms with Crippen molar-refractivity contribution in [3.05, 3.63) is 12.2 Å². The second kappa shape index (κ2) is 15.1. The van der Waals surface area contributed by atoms with E-state index in [2.05, 4.69) is 72.4 Å². The number of carbonyl (C=O) groups is 1. The summed E-state index contributed by atoms with van der Waals surface area (Å²) in [5.41, 5.74) is 1.79. The van der Waals surface area contributed by atoms with Crippen molar-refractivity contribution in [2.45, 2.75) is 180 Å². The molecule has 2 aliphatic heterocycles. The molecule has 2 fully saturated rings. The van der Waals surface area contributed by atoms with Crippen molar-refractivity contribution in [3.63, 3.8) is 0 Å². The molecule has 2 rings (SSSR count). The Kier molecular flexibility index (Phi) is 13.2. The van der Waals surface area contributed by atoms with Crippen LogP contribution in [-0.2, 0) is 14.0 Å². The highest BCUT2D eigenvalue weighted by atomic mass is 28.4. The SMILES string of the molecule is CCCCCCC[C@@H](/C=C/[C@@H]1CCC[C@H]2CC[C@@H](OC(C)=O)[C@H](C)N21)O[Si](C(C)C)(C(C)C)C(C)C. The van der Waals surface area contributed by atoms with E-state index < -0.39 is 8.32 Å². The van der Waals surface area contributed by atoms with Crippen LogP contribution < -0.4 is 0 Å². The molecular formula is C31H59NO3Si. The zero-order chi connectivity index (χ0) is 26.9. The Morgan fingerprint density at radius 1 is 0.944 bits per heavy atom. The van der Waals surface area contributed by atoms with Crippen LogP contribution in [0.2, 0.25) is 16.6 Å². The standard InChI is InChI=1S/C31H59NO3Si/c1-10-11-12-13-14-18-30(35-36(23(2)3,24(4)5)25(6)7)21-19-28-16-15-17-29-20-22-31(34-27(9)33)26(8)32(28)29/h19,21,23-26,28-31H,10-18,20,22H2,1-9H3/b21-19+/t26-,28-,29-,30-,31+/m0/s1. The number of unbranched alkanes of at least 4 members (excludes halogenated alkanes) is 4. The largest absolute Gasteiger partial charge is 0.461 e. The fourth-order valence-corrected chi connectivity index (χ4v) is 13.0. The molecule has 2 heterocycles. The van der Waals surface area contributed by atoms with Crippen LogP contribution in [0.25, 0.3) is 0 Å². The van der Waals surface area contributed by atoms with Gasteiger partial charge in [-0.1, -0.05) is 99.1 Å². The lowest BCUT2D eigenvalue weighted by Crippen LogP contribution is -2.58. The third-order valence-corrected chi connectivity index (χ3v) is 15.3. The van der Waals surface area contributed by atoms with Gasteiger partial charge in [-0.3, -0.25) is 9.69 Å². The Bertz CT molecular complexity index is 655. The number of hydrogen-bond acceptors (Lipinski definition) is 4. The molecule has 0 amide bonds. The molecule has 0 radical (unpaired) electrons. The van der Waals surface area contributed by atoms with Crippen LogP contribution in [-0.4, -0.2) is 49.5 Å². The zero-order valence-electron chi connectivity index (χ0n) is 25.2. The highest BCUT2D eigenvalue weighted by Crippen LogP contribution is 2.44. The van der Waals surface area contributed by atoms with E-state index in [1.54, 1.807) is 6.92 Å². The van der Waals surface area contributed by atoms with Gasteiger partial charge in [-0.05, 0) is 55.7 Å². The smallest absolute Gasteiger partial charge is 0.302 e. The fourth-order valence-electron chi connectivity index (χ4n) is 7.48. The summed E-state index contributed by atoms with van der Waals surface area (Å²) in [4.78, 5) is 14.4. The van der Waals surface area contributed by atoms with Gasteiger partial charge >= 0.3 is 5.97 Å². The minimum atomic E-state index is -1.95. The molecule has 0 aliphatic carbocycles. The van der Waals surface area contributed by atoms with Gasteiger partial charge < -0.3 is 9.16 Å². The van der Waals surface area contributed by atoms with Gasteiger partial charge in [0.1, 0.15) is 6.10 Å². The molecule has 2 saturated heterocycles. The summed E-state index contributed by atoms with van der Waals surface area (Å²) in [7, 11) is -1.95. The maximum atomic E-state index is 11.7. The van der Waals surface area contributed by atoms with Gasteiger partial charge in [-0.25, -0.2) is 0 Å². The highest BCUT2D eigenvalue weighted by molar-refractivity contribution is 6.77. The molecule has 210 valence electrons. The monoisotopic (exact) mass is 521 g/mol. The minimum Gasteiger partial charge on any atom is -0.461 e. The molecule has 0 unspecified atom stereocenters. The van der Waals surface area contributed by atoms with Gasteiger partial charge in [0, 0.05) is 25.0 Å². The van der Waals surface area contributed by atoms with E-state index in [9.17, 15) is 4.79 Å². The molecule has 5 heteroatoms. The van der Waals surface area contributed by atoms with E-state index in [4.69, 9.17) is 9.16 Å². The molecule has 0 N–H and O–H groups in total. The Hall–Kier alpha value is -0.653. The summed E-state index contributed by atoms with van der Waals surface area (Å²) in [6.45, 7) is 20.5. The Balaban J connectivity index is 2.24. The van der Waals surface area contributed by atoms with Gasteiger partial charge in [0.05, 0.1) is 6.10 Å². The predicted octanol–water partition coefficient (Wildman–Crippen LogP) is 8.80. The van der Waals surface area contributed by atoms with Crippen LogP contribution in [0.4, 0.5) is 0 Å². The van der Waals surface area contributed by atoms with Crippen LogP contribution in [0.1, 0.15) is 133 Å². The van der Waals surface area contributed by atoms with Gasteiger partial charge in [0.25, 0.3) is 0 Å². The molecule has 0 aromatic rings. The van der Waals surface area contributed by atoms with E-state index in [1.165, 1.54) is 51.4 Å². The molecule has 0 spiro atoms. The second-order valence-corrected chi connectivity index (χ2v) is 18.0. The number of carbonyl (C=O) groups excluding carboxylic acids is 1. The maximum Gasteiger partial charge on any atom is 0.302 e. The second-order valence-electron chi connectivity index (χ2n) is 12.6. The van der Waals surface area contributed by atoms with Crippen molar-refractivity contribution in [1.29, 1.82) is 0 Å². The number of hydrogen-bond donors (Lipinski definition) is 0. The Morgan fingerprint density at radius 2 is 1.58 bits per heavy atom. The minimum absolute atomic E-state index is 0.0150. The average Bonchev–Trinajstić information content (AvgIpc) is 2.80. The number of rotatable bonds is 14. The summed E-state index contributed by atoms with van der Waals surface area (Å²) in [6, 6.07) is 1.29. The number of nitrogens with zero attached hydrogens (tertiary/aromatic N) is 1. The zero-order valence-corrected chi connectivity index (χ0v) is 26.2. The summed E-state index contributed by atoms with van der Waals surface area (Å²) in [6.07, 6.45) is 18.7. The van der Waals surface area contributed by atoms with Gasteiger partial charge in [-0.2, -0.15) is 0 Å². The van der Waals surface area contributed by atoms with Crippen molar-refractivity contribution < 1.29 is 14.0 Å². The molecule has 0 bridgehead atoms. The quantitative estimate of drug-likeness (QED) is 0.0990. The van der Waals surface area contributed by atoms with Crippen LogP contribution in [0, 0.1) is 0 Å². The first-order chi connectivity index (χ1) is 17.0. The molecule has 0 aromatic carbocycles. The third-order valence-electron chi connectivity index (χ3n) is 9.15. The fraction of sp³-hybridized carbons (Fsp3) is 0.903. The van der Waals surface area contributed by atoms with Crippen molar-refractivity contribution in [2.75, 3.05) is 0 Å². The topological polar surface area (TPSA) is 38.8 Å². The predicted molar refractivity (Wildman–Crippen MR) is 156 cm³/mol. The Labute approximate surface area is 225 Å². The van der Waals surface area contributed by atoms with Gasteiger partial charge in [-0.15, -0.1) is 0 Å². The summed E-state index contributed by atoms with van der Waals surface area (Å²) in [5.74, 6) is -0.150. The molecule has 4 nitrogen and oxygen atoms in total. The molecule has 36 heavy (non-hydrogen) atoms. The van der Waals surface area contributed by atoms with E-state index in [1.807, 2.05) is 0 Å². The van der Waals surface area contributed by atoms with Gasteiger partial charge in [0.15, 0.2) is 0 Å². The molecule has 5 atom stereocenters. The lowest BCUT2D eigenvalue weighted by atomic mass is 9.84. The van der Waals surface area contributed by atoms with E-state index in [-0.39, 0.29) is 24.2 Å². The first-order valence-corrected chi connectivity index (χ1v) is 17.5. The molecular weight excluding hydrogens is 462 g/mol. The average molecular weight is 522 g/mol. The van der Waals surface area contributed by atoms with E-state index in [0.717, 1.165) is 19.3 Å². The Morgan fingerprint density at radius 3 is 2.17 bits per heavy atom. The first-order valence-electron chi connectivity index (χ1n) is 15.3. The van der Waals surface area contributed by atoms with Crippen LogP contribution in [0.5, 0.6) is 0 Å². The number of piperidine rings is 2. The first kappa shape index (κ1) is 31.6. The molecule has 2 aliphatic rings. The normalized spacial score (nSPS) is 26.7. The maximum absolute atomic E-state index is 11.7. The lowest BCUT2D eigenvalue weighted by Gasteiger charge is -2.50. The van der Waals surface area contributed by atoms with E-state index >= 15 is 0 Å². The van der Waals surface area contributed by atoms with Crippen LogP contribution in [0.15, 0.2) is 12.2 Å². The van der Waals surface area contributed by atoms with Crippen LogP contribution >= 0.6 is 0 Å². The van der Waals surface area contributed by atoms with E-state index in [0.29, 0.717) is 28.7 Å². The molecule has 0 saturated carbocycles. The lowest BCUT2D eigenvalue weighted by molar-refractivity contribution is -0.155. The van der Waals surface area contributed by atoms with Crippen LogP contribution in [0.3, 0.4) is 0 Å². The highest BCUT2D eigenvalue weighted by Gasteiger charge is 2.46. The summed E-state index contributed by atoms with van der Waals surface area (Å²) in [5, 5.41) is 0. The van der Waals surface area contributed by atoms with Gasteiger partial charge in [0.2, 0.25) is 8.32 Å². The number of ether oxygens (including phenoxy) is 1.